The average Bonchev–Trinajstić information content (AvgIpc) is 2.78. The Morgan fingerprint density at radius 3 is 3.00 bits per heavy atom. The Morgan fingerprint density at radius 2 is 2.33 bits per heavy atom. The van der Waals surface area contributed by atoms with E-state index in [1.165, 1.54) is 0 Å². The summed E-state index contributed by atoms with van der Waals surface area (Å²) < 4.78 is 3.50. The normalized spacial score (nSPS) is 10.7. The van der Waals surface area contributed by atoms with E-state index in [0.29, 0.717) is 12.4 Å². The molecule has 80 valence electrons. The van der Waals surface area contributed by atoms with Crippen molar-refractivity contribution in [3.63, 3.8) is 0 Å². The number of aromatic nitrogens is 6. The van der Waals surface area contributed by atoms with Crippen molar-refractivity contribution in [2.45, 2.75) is 26.4 Å². The zero-order valence-electron chi connectivity index (χ0n) is 8.54. The Kier molecular flexibility index (Phi) is 2.61. The Hall–Kier alpha value is -1.92. The molecule has 2 aromatic heterocycles. The molecule has 0 aliphatic heterocycles. The van der Waals surface area contributed by atoms with E-state index in [1.807, 2.05) is 4.68 Å². The number of rotatable bonds is 4. The maximum Gasteiger partial charge on any atom is 0.165 e. The predicted octanol–water partition coefficient (Wildman–Crippen LogP) is -0.0899. The van der Waals surface area contributed by atoms with Crippen LogP contribution in [0.5, 0.6) is 0 Å². The van der Waals surface area contributed by atoms with Crippen LogP contribution in [0.15, 0.2) is 12.5 Å². The van der Waals surface area contributed by atoms with Gasteiger partial charge in [0.2, 0.25) is 0 Å². The Balaban J connectivity index is 2.13. The van der Waals surface area contributed by atoms with Crippen molar-refractivity contribution in [2.24, 2.45) is 0 Å². The molecule has 0 fully saturated rings. The summed E-state index contributed by atoms with van der Waals surface area (Å²) in [5.74, 6) is 1.28. The maximum absolute atomic E-state index is 5.47. The van der Waals surface area contributed by atoms with Gasteiger partial charge in [-0.15, -0.1) is 5.10 Å². The number of hydrogen-bond acceptors (Lipinski definition) is 5. The van der Waals surface area contributed by atoms with Crippen molar-refractivity contribution in [1.29, 1.82) is 0 Å². The molecule has 2 N–H and O–H groups in total. The largest absolute Gasteiger partial charge is 0.381 e. The van der Waals surface area contributed by atoms with Crippen LogP contribution in [0.1, 0.15) is 19.2 Å². The molecule has 0 radical (unpaired) electrons. The van der Waals surface area contributed by atoms with Crippen molar-refractivity contribution in [3.8, 4) is 0 Å². The molecule has 0 amide bonds. The Bertz CT molecular complexity index is 430. The fraction of sp³-hybridized carbons (Fsp3) is 0.500. The quantitative estimate of drug-likeness (QED) is 0.757. The lowest BCUT2D eigenvalue weighted by molar-refractivity contribution is 0.532. The highest BCUT2D eigenvalue weighted by Gasteiger charge is 2.05. The summed E-state index contributed by atoms with van der Waals surface area (Å²) in [5.41, 5.74) is 5.47. The van der Waals surface area contributed by atoms with Crippen molar-refractivity contribution < 1.29 is 0 Å². The summed E-state index contributed by atoms with van der Waals surface area (Å²) in [6, 6.07) is 0. The second-order valence-electron chi connectivity index (χ2n) is 3.24. The van der Waals surface area contributed by atoms with Gasteiger partial charge in [0.15, 0.2) is 5.82 Å². The highest BCUT2D eigenvalue weighted by Crippen LogP contribution is 2.00. The number of anilines is 1. The second-order valence-corrected chi connectivity index (χ2v) is 3.24. The van der Waals surface area contributed by atoms with Crippen LogP contribution in [0, 0.1) is 0 Å². The molecule has 15 heavy (non-hydrogen) atoms. The number of nitrogens with two attached hydrogens (primary N) is 1. The molecule has 0 aliphatic carbocycles. The first-order valence-corrected chi connectivity index (χ1v) is 4.82. The van der Waals surface area contributed by atoms with Gasteiger partial charge in [-0.25, -0.2) is 14.3 Å². The molecule has 7 nitrogen and oxygen atoms in total. The van der Waals surface area contributed by atoms with Crippen LogP contribution in [0.25, 0.3) is 0 Å². The van der Waals surface area contributed by atoms with Gasteiger partial charge >= 0.3 is 0 Å². The van der Waals surface area contributed by atoms with Crippen LogP contribution in [0.2, 0.25) is 0 Å². The molecule has 0 aromatic carbocycles. The van der Waals surface area contributed by atoms with Crippen molar-refractivity contribution >= 4 is 5.82 Å². The molecule has 0 bridgehead atoms. The van der Waals surface area contributed by atoms with Crippen LogP contribution in [0.4, 0.5) is 5.82 Å². The molecule has 2 heterocycles. The minimum atomic E-state index is 0.413. The maximum atomic E-state index is 5.47. The third kappa shape index (κ3) is 2.12. The minimum absolute atomic E-state index is 0.413. The lowest BCUT2D eigenvalue weighted by Crippen LogP contribution is -2.10. The van der Waals surface area contributed by atoms with Gasteiger partial charge in [0.25, 0.3) is 0 Å². The number of nitrogens with zero attached hydrogens (tertiary/aromatic N) is 6. The average molecular weight is 207 g/mol. The second kappa shape index (κ2) is 4.07. The molecule has 0 unspecified atom stereocenters. The Labute approximate surface area is 86.9 Å². The van der Waals surface area contributed by atoms with E-state index in [-0.39, 0.29) is 0 Å². The Morgan fingerprint density at radius 1 is 1.47 bits per heavy atom. The summed E-state index contributed by atoms with van der Waals surface area (Å²) in [7, 11) is 0. The van der Waals surface area contributed by atoms with Crippen LogP contribution in [0.3, 0.4) is 0 Å². The summed E-state index contributed by atoms with van der Waals surface area (Å²) in [4.78, 5) is 4.16. The third-order valence-corrected chi connectivity index (χ3v) is 1.99. The number of aryl methyl sites for hydroxylation is 1. The number of hydrogen-bond donors (Lipinski definition) is 1. The van der Waals surface area contributed by atoms with Gasteiger partial charge in [-0.1, -0.05) is 12.1 Å². The van der Waals surface area contributed by atoms with Gasteiger partial charge in [-0.3, -0.25) is 0 Å². The molecule has 2 rings (SSSR count). The van der Waals surface area contributed by atoms with Gasteiger partial charge < -0.3 is 5.73 Å². The molecule has 7 heteroatoms. The van der Waals surface area contributed by atoms with E-state index in [4.69, 9.17) is 5.73 Å². The van der Waals surface area contributed by atoms with Crippen molar-refractivity contribution in [3.05, 3.63) is 18.3 Å². The summed E-state index contributed by atoms with van der Waals surface area (Å²) in [6.07, 6.45) is 4.24. The smallest absolute Gasteiger partial charge is 0.165 e. The lowest BCUT2D eigenvalue weighted by atomic mass is 10.5. The zero-order chi connectivity index (χ0) is 10.7. The fourth-order valence-electron chi connectivity index (χ4n) is 1.34. The molecular weight excluding hydrogens is 194 g/mol. The minimum Gasteiger partial charge on any atom is -0.381 e. The molecule has 0 saturated carbocycles. The molecule has 0 spiro atoms. The fourth-order valence-corrected chi connectivity index (χ4v) is 1.34. The molecular formula is C8H13N7. The third-order valence-electron chi connectivity index (χ3n) is 1.99. The van der Waals surface area contributed by atoms with Crippen LogP contribution in [-0.4, -0.2) is 29.8 Å². The van der Waals surface area contributed by atoms with Gasteiger partial charge in [-0.05, 0) is 6.42 Å². The highest BCUT2D eigenvalue weighted by atomic mass is 15.4. The molecule has 2 aromatic rings. The SMILES string of the molecule is CCCn1ncnc1Cn1cc(N)nn1. The first-order chi connectivity index (χ1) is 7.29. The van der Waals surface area contributed by atoms with Crippen molar-refractivity contribution in [1.82, 2.24) is 29.8 Å². The highest BCUT2D eigenvalue weighted by molar-refractivity contribution is 5.20. The topological polar surface area (TPSA) is 87.4 Å². The molecule has 0 saturated heterocycles. The van der Waals surface area contributed by atoms with Crippen LogP contribution >= 0.6 is 0 Å². The van der Waals surface area contributed by atoms with E-state index in [9.17, 15) is 0 Å². The van der Waals surface area contributed by atoms with E-state index in [0.717, 1.165) is 18.8 Å². The van der Waals surface area contributed by atoms with Gasteiger partial charge in [-0.2, -0.15) is 5.10 Å². The predicted molar refractivity (Wildman–Crippen MR) is 53.8 cm³/mol. The van der Waals surface area contributed by atoms with E-state index >= 15 is 0 Å². The van der Waals surface area contributed by atoms with E-state index in [2.05, 4.69) is 27.3 Å². The summed E-state index contributed by atoms with van der Waals surface area (Å²) in [6.45, 7) is 3.50. The first-order valence-electron chi connectivity index (χ1n) is 4.82. The van der Waals surface area contributed by atoms with E-state index in [1.54, 1.807) is 17.2 Å². The summed E-state index contributed by atoms with van der Waals surface area (Å²) in [5, 5.41) is 11.7. The van der Waals surface area contributed by atoms with Gasteiger partial charge in [0, 0.05) is 6.54 Å². The monoisotopic (exact) mass is 207 g/mol. The number of nitrogen functional groups attached to an aromatic ring is 1. The van der Waals surface area contributed by atoms with Crippen LogP contribution < -0.4 is 5.73 Å². The van der Waals surface area contributed by atoms with Crippen molar-refractivity contribution in [2.75, 3.05) is 5.73 Å². The van der Waals surface area contributed by atoms with E-state index < -0.39 is 0 Å². The zero-order valence-corrected chi connectivity index (χ0v) is 8.54. The van der Waals surface area contributed by atoms with Gasteiger partial charge in [0.05, 0.1) is 6.20 Å². The molecule has 0 atom stereocenters. The first kappa shape index (κ1) is 9.63. The van der Waals surface area contributed by atoms with Crippen LogP contribution in [-0.2, 0) is 13.1 Å². The van der Waals surface area contributed by atoms with Gasteiger partial charge in [0.1, 0.15) is 18.7 Å². The molecule has 0 aliphatic rings. The summed E-state index contributed by atoms with van der Waals surface area (Å²) >= 11 is 0. The lowest BCUT2D eigenvalue weighted by Gasteiger charge is -2.03. The standard InChI is InChI=1S/C8H13N7/c1-2-3-15-8(10-6-11-15)5-14-4-7(9)12-13-14/h4,6H,2-3,5,9H2,1H3.